The Morgan fingerprint density at radius 1 is 1.38 bits per heavy atom. The molecule has 3 N–H and O–H groups in total. The number of anilines is 1. The Morgan fingerprint density at radius 2 is 2.05 bits per heavy atom. The zero-order valence-electron chi connectivity index (χ0n) is 11.4. The predicted octanol–water partition coefficient (Wildman–Crippen LogP) is -0.855. The molecule has 0 spiro atoms. The number of amides is 2. The van der Waals surface area contributed by atoms with Gasteiger partial charge in [0, 0.05) is 19.7 Å². The van der Waals surface area contributed by atoms with E-state index in [2.05, 4.69) is 4.99 Å². The van der Waals surface area contributed by atoms with Crippen molar-refractivity contribution < 1.29 is 19.1 Å². The van der Waals surface area contributed by atoms with Gasteiger partial charge in [-0.15, -0.1) is 0 Å². The molecule has 0 saturated heterocycles. The molecule has 0 aromatic heterocycles. The minimum atomic E-state index is -2.22. The van der Waals surface area contributed by atoms with E-state index in [1.165, 1.54) is 36.0 Å². The molecule has 2 aliphatic heterocycles. The van der Waals surface area contributed by atoms with Crippen LogP contribution in [-0.4, -0.2) is 47.9 Å². The normalized spacial score (nSPS) is 28.2. The Labute approximate surface area is 119 Å². The Bertz CT molecular complexity index is 705. The number of fused-ring (bicyclic) bond motifs is 1. The fourth-order valence-corrected chi connectivity index (χ4v) is 2.86. The van der Waals surface area contributed by atoms with Crippen LogP contribution < -0.4 is 10.6 Å². The summed E-state index contributed by atoms with van der Waals surface area (Å²) in [5.41, 5.74) is 3.72. The maximum Gasteiger partial charge on any atom is 0.275 e. The molecular weight excluding hydrogens is 279 g/mol. The Hall–Kier alpha value is -2.48. The molecule has 3 rings (SSSR count). The Kier molecular flexibility index (Phi) is 2.58. The zero-order valence-corrected chi connectivity index (χ0v) is 11.4. The SMILES string of the molecule is CN1C(=O)[C@@](O)([C@H]2C(=O)N=C(N)N2C)c2cc(F)ccc21. The van der Waals surface area contributed by atoms with Gasteiger partial charge in [-0.3, -0.25) is 9.59 Å². The average Bonchev–Trinajstić information content (AvgIpc) is 2.78. The number of rotatable bonds is 1. The van der Waals surface area contributed by atoms with Crippen LogP contribution in [0.3, 0.4) is 0 Å². The standard InChI is InChI=1S/C13H13FN4O3/c1-17-8-4-3-6(14)5-7(8)13(21,11(17)20)9-10(19)16-12(15)18(9)2/h3-5,9,21H,1-2H3,(H2,15,16,19)/t9-,13+/m1/s1. The first-order valence-electron chi connectivity index (χ1n) is 6.20. The second kappa shape index (κ2) is 4.01. The van der Waals surface area contributed by atoms with Crippen molar-refractivity contribution in [3.8, 4) is 0 Å². The molecule has 2 atom stereocenters. The summed E-state index contributed by atoms with van der Waals surface area (Å²) in [5, 5.41) is 10.9. The lowest BCUT2D eigenvalue weighted by molar-refractivity contribution is -0.147. The van der Waals surface area contributed by atoms with Crippen molar-refractivity contribution in [3.05, 3.63) is 29.6 Å². The van der Waals surface area contributed by atoms with E-state index in [0.717, 1.165) is 6.07 Å². The second-order valence-electron chi connectivity index (χ2n) is 5.11. The summed E-state index contributed by atoms with van der Waals surface area (Å²) in [7, 11) is 2.89. The lowest BCUT2D eigenvalue weighted by Crippen LogP contribution is -2.57. The average molecular weight is 292 g/mol. The topological polar surface area (TPSA) is 99.2 Å². The van der Waals surface area contributed by atoms with Crippen molar-refractivity contribution in [2.45, 2.75) is 11.6 Å². The van der Waals surface area contributed by atoms with Gasteiger partial charge in [-0.25, -0.2) is 4.39 Å². The van der Waals surface area contributed by atoms with Gasteiger partial charge < -0.3 is 20.6 Å². The maximum atomic E-state index is 13.5. The van der Waals surface area contributed by atoms with Gasteiger partial charge >= 0.3 is 0 Å². The molecule has 2 heterocycles. The van der Waals surface area contributed by atoms with Crippen molar-refractivity contribution in [2.75, 3.05) is 19.0 Å². The molecule has 0 radical (unpaired) electrons. The van der Waals surface area contributed by atoms with Gasteiger partial charge in [0.2, 0.25) is 5.60 Å². The molecule has 7 nitrogen and oxygen atoms in total. The number of hydrogen-bond donors (Lipinski definition) is 2. The summed E-state index contributed by atoms with van der Waals surface area (Å²) in [6.07, 6.45) is 0. The van der Waals surface area contributed by atoms with E-state index in [-0.39, 0.29) is 11.5 Å². The highest BCUT2D eigenvalue weighted by molar-refractivity contribution is 6.13. The maximum absolute atomic E-state index is 13.5. The number of benzene rings is 1. The first-order chi connectivity index (χ1) is 9.78. The summed E-state index contributed by atoms with van der Waals surface area (Å²) < 4.78 is 13.5. The smallest absolute Gasteiger partial charge is 0.275 e. The van der Waals surface area contributed by atoms with E-state index in [4.69, 9.17) is 5.73 Å². The number of hydrogen-bond acceptors (Lipinski definition) is 5. The van der Waals surface area contributed by atoms with Gasteiger partial charge in [0.05, 0.1) is 5.69 Å². The highest BCUT2D eigenvalue weighted by atomic mass is 19.1. The molecule has 0 bridgehead atoms. The number of aliphatic hydroxyl groups is 1. The molecule has 0 unspecified atom stereocenters. The molecule has 1 aromatic carbocycles. The summed E-state index contributed by atoms with van der Waals surface area (Å²) >= 11 is 0. The lowest BCUT2D eigenvalue weighted by atomic mass is 9.86. The first-order valence-corrected chi connectivity index (χ1v) is 6.20. The minimum Gasteiger partial charge on any atom is -0.373 e. The van der Waals surface area contributed by atoms with E-state index in [0.29, 0.717) is 5.69 Å². The van der Waals surface area contributed by atoms with Crippen LogP contribution in [-0.2, 0) is 15.2 Å². The van der Waals surface area contributed by atoms with Crippen molar-refractivity contribution in [3.63, 3.8) is 0 Å². The number of nitrogens with zero attached hydrogens (tertiary/aromatic N) is 3. The van der Waals surface area contributed by atoms with E-state index < -0.39 is 29.3 Å². The van der Waals surface area contributed by atoms with Gasteiger partial charge in [-0.05, 0) is 18.2 Å². The van der Waals surface area contributed by atoms with Crippen molar-refractivity contribution in [2.24, 2.45) is 10.7 Å². The van der Waals surface area contributed by atoms with Gasteiger partial charge in [0.1, 0.15) is 5.82 Å². The predicted molar refractivity (Wildman–Crippen MR) is 71.9 cm³/mol. The third-order valence-electron chi connectivity index (χ3n) is 3.96. The van der Waals surface area contributed by atoms with Gasteiger partial charge in [0.25, 0.3) is 11.8 Å². The molecule has 1 aromatic rings. The Morgan fingerprint density at radius 3 is 2.62 bits per heavy atom. The molecular formula is C13H13FN4O3. The van der Waals surface area contributed by atoms with Gasteiger partial charge in [0.15, 0.2) is 12.0 Å². The molecule has 110 valence electrons. The third kappa shape index (κ3) is 1.53. The van der Waals surface area contributed by atoms with Gasteiger partial charge in [-0.2, -0.15) is 4.99 Å². The van der Waals surface area contributed by atoms with E-state index in [1.807, 2.05) is 0 Å². The molecule has 2 aliphatic rings. The van der Waals surface area contributed by atoms with E-state index in [9.17, 15) is 19.1 Å². The lowest BCUT2D eigenvalue weighted by Gasteiger charge is -2.32. The van der Waals surface area contributed by atoms with Crippen LogP contribution in [0.1, 0.15) is 5.56 Å². The quantitative estimate of drug-likeness (QED) is 0.702. The van der Waals surface area contributed by atoms with Crippen LogP contribution in [0.25, 0.3) is 0 Å². The van der Waals surface area contributed by atoms with Crippen LogP contribution >= 0.6 is 0 Å². The van der Waals surface area contributed by atoms with Crippen molar-refractivity contribution in [1.29, 1.82) is 0 Å². The highest BCUT2D eigenvalue weighted by Gasteiger charge is 2.60. The third-order valence-corrected chi connectivity index (χ3v) is 3.96. The van der Waals surface area contributed by atoms with Crippen LogP contribution in [0.4, 0.5) is 10.1 Å². The van der Waals surface area contributed by atoms with Gasteiger partial charge in [-0.1, -0.05) is 0 Å². The molecule has 0 saturated carbocycles. The zero-order chi connectivity index (χ0) is 15.5. The largest absolute Gasteiger partial charge is 0.373 e. The summed E-state index contributed by atoms with van der Waals surface area (Å²) in [6.45, 7) is 0. The first kappa shape index (κ1) is 13.5. The number of guanidine groups is 1. The fourth-order valence-electron chi connectivity index (χ4n) is 2.86. The van der Waals surface area contributed by atoms with Crippen molar-refractivity contribution in [1.82, 2.24) is 4.90 Å². The number of halogens is 1. The molecule has 0 fully saturated rings. The summed E-state index contributed by atoms with van der Waals surface area (Å²) in [6, 6.07) is 2.30. The molecule has 2 amide bonds. The Balaban J connectivity index is 2.21. The van der Waals surface area contributed by atoms with E-state index in [1.54, 1.807) is 0 Å². The summed E-state index contributed by atoms with van der Waals surface area (Å²) in [5.74, 6) is -2.18. The van der Waals surface area contributed by atoms with E-state index >= 15 is 0 Å². The highest BCUT2D eigenvalue weighted by Crippen LogP contribution is 2.44. The second-order valence-corrected chi connectivity index (χ2v) is 5.11. The number of carbonyl (C=O) groups is 2. The number of aliphatic imine (C=N–C) groups is 1. The molecule has 8 heteroatoms. The fraction of sp³-hybridized carbons (Fsp3) is 0.308. The van der Waals surface area contributed by atoms with Crippen LogP contribution in [0, 0.1) is 5.82 Å². The minimum absolute atomic E-state index is 0.0325. The number of nitrogens with two attached hydrogens (primary N) is 1. The van der Waals surface area contributed by atoms with Crippen molar-refractivity contribution >= 4 is 23.5 Å². The molecule has 0 aliphatic carbocycles. The monoisotopic (exact) mass is 292 g/mol. The summed E-state index contributed by atoms with van der Waals surface area (Å²) in [4.78, 5) is 30.4. The van der Waals surface area contributed by atoms with Crippen LogP contribution in [0.5, 0.6) is 0 Å². The van der Waals surface area contributed by atoms with Crippen LogP contribution in [0.15, 0.2) is 23.2 Å². The number of carbonyl (C=O) groups excluding carboxylic acids is 2. The molecule has 21 heavy (non-hydrogen) atoms. The number of likely N-dealkylation sites (N-methyl/N-ethyl adjacent to an activating group) is 2. The van der Waals surface area contributed by atoms with Crippen LogP contribution in [0.2, 0.25) is 0 Å².